The maximum absolute atomic E-state index is 9.18. The number of oxime groups is 1. The molecule has 3 aromatic rings. The third kappa shape index (κ3) is 22.0. The number of aromatic nitrogens is 1. The molecule has 282 valence electrons. The zero-order valence-electron chi connectivity index (χ0n) is 33.2. The van der Waals surface area contributed by atoms with Gasteiger partial charge >= 0.3 is 0 Å². The molecule has 0 aliphatic heterocycles. The smallest absolute Gasteiger partial charge is 0.144 e. The van der Waals surface area contributed by atoms with Crippen molar-refractivity contribution in [3.05, 3.63) is 59.8 Å². The molecule has 0 spiro atoms. The summed E-state index contributed by atoms with van der Waals surface area (Å²) < 4.78 is 13.3. The van der Waals surface area contributed by atoms with Gasteiger partial charge in [0.2, 0.25) is 0 Å². The topological polar surface area (TPSA) is 56.0 Å². The van der Waals surface area contributed by atoms with E-state index in [4.69, 9.17) is 22.3 Å². The number of nitrogens with zero attached hydrogens (tertiary/aromatic N) is 2. The van der Waals surface area contributed by atoms with E-state index >= 15 is 0 Å². The van der Waals surface area contributed by atoms with Gasteiger partial charge in [0.15, 0.2) is 0 Å². The fourth-order valence-electron chi connectivity index (χ4n) is 3.96. The average Bonchev–Trinajstić information content (AvgIpc) is 3.66. The first-order valence-corrected chi connectivity index (χ1v) is 17.4. The summed E-state index contributed by atoms with van der Waals surface area (Å²) in [5.41, 5.74) is 2.43. The summed E-state index contributed by atoms with van der Waals surface area (Å²) in [6.07, 6.45) is 18.2. The van der Waals surface area contributed by atoms with E-state index < -0.39 is 0 Å². The van der Waals surface area contributed by atoms with Crippen LogP contribution in [0.25, 0.3) is 10.9 Å². The van der Waals surface area contributed by atoms with Gasteiger partial charge in [0.25, 0.3) is 0 Å². The Morgan fingerprint density at radius 3 is 1.11 bits per heavy atom. The molecule has 0 aliphatic rings. The monoisotopic (exact) mass is 810 g/mol. The molecule has 0 saturated carbocycles. The largest absolute Gasteiger partial charge is 0.411 e. The minimum Gasteiger partial charge on any atom is -0.411 e. The maximum atomic E-state index is 9.18. The highest BCUT2D eigenvalue weighted by molar-refractivity contribution is 5.99. The number of hydrogen-bond acceptors (Lipinski definition) is 4. The Labute approximate surface area is 379 Å². The lowest BCUT2D eigenvalue weighted by Crippen LogP contribution is -1.99. The third-order valence-corrected chi connectivity index (χ3v) is 6.14. The second-order valence-electron chi connectivity index (χ2n) is 10.2. The fraction of sp³-hybridized carbons (Fsp3) is 0.0167. The Kier molecular flexibility index (Phi) is 23.3. The van der Waals surface area contributed by atoms with E-state index in [1.54, 1.807) is 18.2 Å². The number of terminal acetylenes is 2. The molecule has 3 rings (SSSR count). The Morgan fingerprint density at radius 1 is 0.446 bits per heavy atom. The Morgan fingerprint density at radius 2 is 0.769 bits per heavy atom. The van der Waals surface area contributed by atoms with Crippen molar-refractivity contribution in [2.24, 2.45) is 5.16 Å². The number of benzene rings is 2. The molecule has 1 heterocycles. The molecule has 0 bridgehead atoms. The Balaban J connectivity index is 1.67. The normalized spacial score (nSPS) is 6.49. The van der Waals surface area contributed by atoms with E-state index in [9.17, 15) is 5.21 Å². The molecular weight excluding hydrogens is 797 g/mol. The van der Waals surface area contributed by atoms with Gasteiger partial charge in [-0.1, -0.05) is 23.4 Å². The van der Waals surface area contributed by atoms with Gasteiger partial charge in [0.05, 0.1) is 6.21 Å². The van der Waals surface area contributed by atoms with E-state index in [1.165, 1.54) is 6.21 Å². The van der Waals surface area contributed by atoms with E-state index in [-0.39, 0.29) is 0 Å². The number of ether oxygens (including phenoxy) is 2. The molecule has 1 aromatic heterocycles. The molecule has 0 saturated heterocycles. The first-order chi connectivity index (χ1) is 32.2. The van der Waals surface area contributed by atoms with Gasteiger partial charge in [-0.15, -0.1) is 12.8 Å². The van der Waals surface area contributed by atoms with Crippen LogP contribution in [-0.2, 0) is 6.54 Å². The zero-order chi connectivity index (χ0) is 45.9. The second-order valence-corrected chi connectivity index (χ2v) is 10.2. The highest BCUT2D eigenvalue weighted by atomic mass is 16.5. The fourth-order valence-corrected chi connectivity index (χ4v) is 3.96. The average molecular weight is 811 g/mol. The van der Waals surface area contributed by atoms with Crippen molar-refractivity contribution in [1.29, 1.82) is 0 Å². The predicted molar refractivity (Wildman–Crippen MR) is 251 cm³/mol. The van der Waals surface area contributed by atoms with Crippen molar-refractivity contribution in [2.45, 2.75) is 6.54 Å². The van der Waals surface area contributed by atoms with E-state index in [1.807, 2.05) is 35.0 Å². The van der Waals surface area contributed by atoms with Gasteiger partial charge < -0.3 is 19.2 Å². The van der Waals surface area contributed by atoms with Crippen LogP contribution in [0.1, 0.15) is 11.1 Å². The van der Waals surface area contributed by atoms with Gasteiger partial charge in [0.1, 0.15) is 23.7 Å². The summed E-state index contributed by atoms with van der Waals surface area (Å²) in [5, 5.41) is 13.3. The number of rotatable bonds is 5. The van der Waals surface area contributed by atoms with Crippen LogP contribution in [-0.4, -0.2) is 16.0 Å². The standard InChI is InChI=1S/C60H14N2O3/c1-3-5-7-9-11-13-15-17-19-21-23-25-27-29-31-33-35-37-39-43-47-64-57-49-55(53-62-54-56(52-61-63)59-45-41-42-46-60(59)62)50-58(51-57)65-48-44-40-38-36-34-32-30-28-26-24-22-20-18-16-14-12-10-8-6-4-2/h1-2,41-42,45-46,49-52,54,63H,53H2. The lowest BCUT2D eigenvalue weighted by molar-refractivity contribution is 0.322. The minimum atomic E-state index is 0.355. The van der Waals surface area contributed by atoms with Crippen molar-refractivity contribution in [3.8, 4) is 273 Å². The molecule has 0 fully saturated rings. The van der Waals surface area contributed by atoms with Crippen molar-refractivity contribution >= 4 is 17.1 Å². The van der Waals surface area contributed by atoms with E-state index in [0.29, 0.717) is 18.0 Å². The highest BCUT2D eigenvalue weighted by Crippen LogP contribution is 2.26. The summed E-state index contributed by atoms with van der Waals surface area (Å²) in [7, 11) is 0. The zero-order valence-corrected chi connectivity index (χ0v) is 33.2. The van der Waals surface area contributed by atoms with Crippen LogP contribution in [0.4, 0.5) is 0 Å². The lowest BCUT2D eigenvalue weighted by atomic mass is 10.2. The predicted octanol–water partition coefficient (Wildman–Crippen LogP) is 3.50. The molecular formula is C60H14N2O3. The SMILES string of the molecule is C#CC#CC#CC#CC#CC#CC#CC#CC#CC#CC#COc1cc(Cn2cc(C=NO)c3ccccc32)cc(OC#CC#CC#CC#CC#CC#CC#CC#CC#CC#CC#C)c1. The molecule has 5 heteroatoms. The summed E-state index contributed by atoms with van der Waals surface area (Å²) in [4.78, 5) is 0. The molecule has 0 amide bonds. The van der Waals surface area contributed by atoms with E-state index in [0.717, 1.165) is 22.0 Å². The van der Waals surface area contributed by atoms with E-state index in [2.05, 4.69) is 254 Å². The van der Waals surface area contributed by atoms with Crippen molar-refractivity contribution in [2.75, 3.05) is 0 Å². The van der Waals surface area contributed by atoms with Crippen LogP contribution in [0.3, 0.4) is 0 Å². The van der Waals surface area contributed by atoms with Crippen LogP contribution < -0.4 is 9.47 Å². The number of fused-ring (bicyclic) bond motifs is 1. The van der Waals surface area contributed by atoms with Crippen molar-refractivity contribution in [1.82, 2.24) is 4.57 Å². The van der Waals surface area contributed by atoms with Gasteiger partial charge in [0, 0.05) is 177 Å². The van der Waals surface area contributed by atoms with Crippen molar-refractivity contribution < 1.29 is 14.7 Å². The van der Waals surface area contributed by atoms with Crippen LogP contribution in [0, 0.1) is 262 Å². The third-order valence-electron chi connectivity index (χ3n) is 6.14. The van der Waals surface area contributed by atoms with Crippen molar-refractivity contribution in [3.63, 3.8) is 0 Å². The van der Waals surface area contributed by atoms with Crippen LogP contribution in [0.5, 0.6) is 11.5 Å². The lowest BCUT2D eigenvalue weighted by Gasteiger charge is -2.09. The molecule has 2 aromatic carbocycles. The molecule has 65 heavy (non-hydrogen) atoms. The molecule has 5 nitrogen and oxygen atoms in total. The first kappa shape index (κ1) is 46.8. The molecule has 0 radical (unpaired) electrons. The Bertz CT molecular complexity index is 3700. The second kappa shape index (κ2) is 32.5. The molecule has 0 unspecified atom stereocenters. The summed E-state index contributed by atoms with van der Waals surface area (Å²) in [6.45, 7) is 0.394. The summed E-state index contributed by atoms with van der Waals surface area (Å²) >= 11 is 0. The molecule has 0 aliphatic carbocycles. The highest BCUT2D eigenvalue weighted by Gasteiger charge is 2.10. The maximum Gasteiger partial charge on any atom is 0.144 e. The van der Waals surface area contributed by atoms with Gasteiger partial charge in [-0.3, -0.25) is 0 Å². The molecule has 0 atom stereocenters. The van der Waals surface area contributed by atoms with Crippen LogP contribution >= 0.6 is 0 Å². The van der Waals surface area contributed by atoms with Gasteiger partial charge in [-0.25, -0.2) is 0 Å². The van der Waals surface area contributed by atoms with Crippen LogP contribution in [0.15, 0.2) is 53.8 Å². The number of para-hydroxylation sites is 1. The summed E-state index contributed by atoms with van der Waals surface area (Å²) in [6, 6.07) is 12.9. The number of hydrogen-bond donors (Lipinski definition) is 1. The minimum absolute atomic E-state index is 0.355. The quantitative estimate of drug-likeness (QED) is 0.186. The summed E-state index contributed by atoms with van der Waals surface area (Å²) in [5.74, 6) is 100.0. The van der Waals surface area contributed by atoms with Gasteiger partial charge in [-0.2, -0.15) is 0 Å². The molecule has 1 N–H and O–H groups in total. The Hall–Kier alpha value is -12.6. The first-order valence-electron chi connectivity index (χ1n) is 17.4. The van der Waals surface area contributed by atoms with Gasteiger partial charge in [-0.05, 0) is 118 Å². The van der Waals surface area contributed by atoms with Crippen LogP contribution in [0.2, 0.25) is 0 Å².